The maximum Gasteiger partial charge on any atom is 0.274 e. The third kappa shape index (κ3) is 4.27. The van der Waals surface area contributed by atoms with Crippen LogP contribution in [0.15, 0.2) is 36.7 Å². The van der Waals surface area contributed by atoms with E-state index < -0.39 is 5.54 Å². The Morgan fingerprint density at radius 1 is 1.29 bits per heavy atom. The van der Waals surface area contributed by atoms with Crippen LogP contribution in [0, 0.1) is 12.8 Å². The minimum Gasteiger partial charge on any atom is -0.344 e. The van der Waals surface area contributed by atoms with Crippen molar-refractivity contribution in [1.82, 2.24) is 25.3 Å². The number of fused-ring (bicyclic) bond motifs is 1. The summed E-state index contributed by atoms with van der Waals surface area (Å²) in [6.45, 7) is 8.18. The van der Waals surface area contributed by atoms with E-state index in [4.69, 9.17) is 5.73 Å². The quantitative estimate of drug-likeness (QED) is 0.655. The molecule has 2 heterocycles. The predicted octanol–water partition coefficient (Wildman–Crippen LogP) is 3.07. The third-order valence-corrected chi connectivity index (χ3v) is 5.09. The van der Waals surface area contributed by atoms with E-state index in [9.17, 15) is 4.79 Å². The molecule has 2 aromatic heterocycles. The number of amides is 1. The Bertz CT molecular complexity index is 953. The molecule has 9 heteroatoms. The normalized spacial score (nSPS) is 12.8. The Kier molecular flexibility index (Phi) is 7.93. The van der Waals surface area contributed by atoms with E-state index in [-0.39, 0.29) is 36.6 Å². The lowest BCUT2D eigenvalue weighted by Gasteiger charge is -2.33. The second-order valence-electron chi connectivity index (χ2n) is 7.04. The molecule has 7 nitrogen and oxygen atoms in total. The lowest BCUT2D eigenvalue weighted by molar-refractivity contribution is 0.0877. The van der Waals surface area contributed by atoms with Gasteiger partial charge in [0.05, 0.1) is 16.9 Å². The SMILES string of the molecule is Cc1c(C(=O)NC(C)(CN)C(C)C)nnn1-c1cccc2cnccc12.Cl.Cl. The zero-order valence-corrected chi connectivity index (χ0v) is 18.0. The molecule has 0 aliphatic rings. The molecular formula is C19H26Cl2N6O. The number of rotatable bonds is 5. The first-order valence-electron chi connectivity index (χ1n) is 8.65. The van der Waals surface area contributed by atoms with Crippen molar-refractivity contribution in [3.05, 3.63) is 48.0 Å². The second-order valence-corrected chi connectivity index (χ2v) is 7.04. The van der Waals surface area contributed by atoms with Gasteiger partial charge in [0.2, 0.25) is 0 Å². The number of hydrogen-bond acceptors (Lipinski definition) is 5. The summed E-state index contributed by atoms with van der Waals surface area (Å²) in [6.07, 6.45) is 3.54. The predicted molar refractivity (Wildman–Crippen MR) is 116 cm³/mol. The van der Waals surface area contributed by atoms with Crippen molar-refractivity contribution in [3.63, 3.8) is 0 Å². The largest absolute Gasteiger partial charge is 0.344 e. The first kappa shape index (κ1) is 23.8. The molecule has 1 atom stereocenters. The van der Waals surface area contributed by atoms with Gasteiger partial charge in [0.15, 0.2) is 5.69 Å². The van der Waals surface area contributed by atoms with Gasteiger partial charge in [0.25, 0.3) is 5.91 Å². The summed E-state index contributed by atoms with van der Waals surface area (Å²) in [7, 11) is 0. The highest BCUT2D eigenvalue weighted by Gasteiger charge is 2.31. The molecule has 28 heavy (non-hydrogen) atoms. The third-order valence-electron chi connectivity index (χ3n) is 5.09. The van der Waals surface area contributed by atoms with E-state index in [2.05, 4.69) is 20.6 Å². The fourth-order valence-electron chi connectivity index (χ4n) is 2.81. The summed E-state index contributed by atoms with van der Waals surface area (Å²) in [5.41, 5.74) is 7.21. The van der Waals surface area contributed by atoms with Crippen LogP contribution in [0.2, 0.25) is 0 Å². The highest BCUT2D eigenvalue weighted by molar-refractivity contribution is 5.94. The number of carbonyl (C=O) groups is 1. The van der Waals surface area contributed by atoms with Gasteiger partial charge in [-0.1, -0.05) is 31.2 Å². The summed E-state index contributed by atoms with van der Waals surface area (Å²) in [5.74, 6) is -0.0744. The molecule has 0 radical (unpaired) electrons. The Morgan fingerprint density at radius 3 is 2.64 bits per heavy atom. The van der Waals surface area contributed by atoms with E-state index >= 15 is 0 Å². The smallest absolute Gasteiger partial charge is 0.274 e. The summed E-state index contributed by atoms with van der Waals surface area (Å²) in [6, 6.07) is 7.80. The summed E-state index contributed by atoms with van der Waals surface area (Å²) < 4.78 is 1.69. The standard InChI is InChI=1S/C19H24N6O.2ClH/c1-12(2)19(4,11-20)22-18(26)17-13(3)25(24-23-17)16-7-5-6-14-10-21-9-8-15(14)16;;/h5-10,12H,11,20H2,1-4H3,(H,22,26);2*1H. The molecule has 3 N–H and O–H groups in total. The van der Waals surface area contributed by atoms with Crippen molar-refractivity contribution in [2.24, 2.45) is 11.7 Å². The molecule has 0 fully saturated rings. The fourth-order valence-corrected chi connectivity index (χ4v) is 2.81. The zero-order chi connectivity index (χ0) is 18.9. The lowest BCUT2D eigenvalue weighted by Crippen LogP contribution is -2.55. The van der Waals surface area contributed by atoms with E-state index in [0.29, 0.717) is 17.9 Å². The molecule has 0 spiro atoms. The maximum absolute atomic E-state index is 12.8. The number of carbonyl (C=O) groups excluding carboxylic acids is 1. The van der Waals surface area contributed by atoms with Gasteiger partial charge in [-0.2, -0.15) is 0 Å². The average molecular weight is 425 g/mol. The number of nitrogens with zero attached hydrogens (tertiary/aromatic N) is 4. The van der Waals surface area contributed by atoms with Crippen LogP contribution >= 0.6 is 24.8 Å². The van der Waals surface area contributed by atoms with Crippen LogP contribution in [-0.4, -0.2) is 38.0 Å². The minimum atomic E-state index is -0.502. The van der Waals surface area contributed by atoms with Gasteiger partial charge in [-0.3, -0.25) is 9.78 Å². The Hall–Kier alpha value is -2.22. The highest BCUT2D eigenvalue weighted by atomic mass is 35.5. The number of aromatic nitrogens is 4. The number of nitrogens with one attached hydrogen (secondary N) is 1. The fraction of sp³-hybridized carbons (Fsp3) is 0.368. The van der Waals surface area contributed by atoms with Crippen LogP contribution in [0.4, 0.5) is 0 Å². The van der Waals surface area contributed by atoms with Crippen LogP contribution in [0.1, 0.15) is 37.0 Å². The van der Waals surface area contributed by atoms with Gasteiger partial charge in [-0.25, -0.2) is 4.68 Å². The molecule has 3 aromatic rings. The van der Waals surface area contributed by atoms with Crippen molar-refractivity contribution in [2.75, 3.05) is 6.54 Å². The molecule has 1 amide bonds. The van der Waals surface area contributed by atoms with Gasteiger partial charge >= 0.3 is 0 Å². The van der Waals surface area contributed by atoms with Crippen molar-refractivity contribution in [1.29, 1.82) is 0 Å². The Morgan fingerprint density at radius 2 is 2.00 bits per heavy atom. The molecule has 0 saturated carbocycles. The molecular weight excluding hydrogens is 399 g/mol. The Labute approximate surface area is 176 Å². The minimum absolute atomic E-state index is 0. The van der Waals surface area contributed by atoms with Crippen molar-refractivity contribution in [2.45, 2.75) is 33.2 Å². The monoisotopic (exact) mass is 424 g/mol. The molecule has 0 saturated heterocycles. The number of hydrogen-bond donors (Lipinski definition) is 2. The maximum atomic E-state index is 12.8. The van der Waals surface area contributed by atoms with Crippen molar-refractivity contribution in [3.8, 4) is 5.69 Å². The Balaban J connectivity index is 0.00000196. The molecule has 1 aromatic carbocycles. The molecule has 0 aliphatic carbocycles. The second kappa shape index (κ2) is 9.32. The highest BCUT2D eigenvalue weighted by Crippen LogP contribution is 2.23. The van der Waals surface area contributed by atoms with Crippen LogP contribution in [0.3, 0.4) is 0 Å². The van der Waals surface area contributed by atoms with E-state index in [0.717, 1.165) is 16.5 Å². The van der Waals surface area contributed by atoms with Crippen molar-refractivity contribution >= 4 is 41.5 Å². The zero-order valence-electron chi connectivity index (χ0n) is 16.3. The van der Waals surface area contributed by atoms with Gasteiger partial charge in [0.1, 0.15) is 0 Å². The van der Waals surface area contributed by atoms with Gasteiger partial charge < -0.3 is 11.1 Å². The van der Waals surface area contributed by atoms with Gasteiger partial charge in [-0.15, -0.1) is 29.9 Å². The van der Waals surface area contributed by atoms with Crippen LogP contribution in [-0.2, 0) is 0 Å². The van der Waals surface area contributed by atoms with Crippen LogP contribution in [0.5, 0.6) is 0 Å². The van der Waals surface area contributed by atoms with E-state index in [1.807, 2.05) is 52.0 Å². The van der Waals surface area contributed by atoms with Gasteiger partial charge in [0, 0.05) is 29.7 Å². The van der Waals surface area contributed by atoms with E-state index in [1.165, 1.54) is 0 Å². The molecule has 3 rings (SSSR count). The molecule has 152 valence electrons. The number of benzene rings is 1. The first-order chi connectivity index (χ1) is 12.4. The lowest BCUT2D eigenvalue weighted by atomic mass is 9.88. The first-order valence-corrected chi connectivity index (χ1v) is 8.65. The molecule has 0 aliphatic heterocycles. The molecule has 1 unspecified atom stereocenters. The summed E-state index contributed by atoms with van der Waals surface area (Å²) in [4.78, 5) is 16.9. The number of nitrogens with two attached hydrogens (primary N) is 1. The summed E-state index contributed by atoms with van der Waals surface area (Å²) >= 11 is 0. The number of pyridine rings is 1. The topological polar surface area (TPSA) is 98.7 Å². The average Bonchev–Trinajstić information content (AvgIpc) is 3.02. The van der Waals surface area contributed by atoms with Crippen LogP contribution < -0.4 is 11.1 Å². The van der Waals surface area contributed by atoms with Crippen molar-refractivity contribution < 1.29 is 4.79 Å². The van der Waals surface area contributed by atoms with E-state index in [1.54, 1.807) is 17.1 Å². The molecule has 0 bridgehead atoms. The number of halogens is 2. The van der Waals surface area contributed by atoms with Crippen LogP contribution in [0.25, 0.3) is 16.5 Å². The van der Waals surface area contributed by atoms with Gasteiger partial charge in [-0.05, 0) is 31.9 Å². The summed E-state index contributed by atoms with van der Waals surface area (Å²) in [5, 5.41) is 13.3.